The molecule has 1 atom stereocenters. The number of para-hydroxylation sites is 1. The lowest BCUT2D eigenvalue weighted by molar-refractivity contribution is 0.405. The summed E-state index contributed by atoms with van der Waals surface area (Å²) in [7, 11) is 1.68. The largest absolute Gasteiger partial charge is 0.496 e. The minimum Gasteiger partial charge on any atom is -0.496 e. The zero-order chi connectivity index (χ0) is 15.9. The first-order valence-electron chi connectivity index (χ1n) is 7.39. The Labute approximate surface area is 131 Å². The van der Waals surface area contributed by atoms with Crippen LogP contribution in [-0.2, 0) is 6.42 Å². The highest BCUT2D eigenvalue weighted by molar-refractivity contribution is 5.52. The van der Waals surface area contributed by atoms with Gasteiger partial charge < -0.3 is 10.1 Å². The van der Waals surface area contributed by atoms with Gasteiger partial charge in [0.2, 0.25) is 0 Å². The average Bonchev–Trinajstić information content (AvgIpc) is 2.55. The second-order valence-electron chi connectivity index (χ2n) is 5.52. The molecule has 0 fully saturated rings. The molecule has 0 aliphatic heterocycles. The number of nitrogens with zero attached hydrogens (tertiary/aromatic N) is 2. The molecule has 4 heteroatoms. The van der Waals surface area contributed by atoms with E-state index in [0.717, 1.165) is 17.7 Å². The standard InChI is InChI=1S/C18H21N3O/c1-13(2)16(11-14-7-4-5-9-17(14)22-3)21-18-15(12-19)8-6-10-20-18/h4-10,13,16H,11H2,1-3H3,(H,20,21). The molecule has 114 valence electrons. The molecule has 1 aromatic heterocycles. The fraction of sp³-hybridized carbons (Fsp3) is 0.333. The van der Waals surface area contributed by atoms with E-state index in [1.54, 1.807) is 25.4 Å². The molecule has 0 bridgehead atoms. The Balaban J connectivity index is 2.22. The SMILES string of the molecule is COc1ccccc1CC(Nc1ncccc1C#N)C(C)C. The summed E-state index contributed by atoms with van der Waals surface area (Å²) in [5, 5.41) is 12.6. The first kappa shape index (κ1) is 15.8. The third-order valence-corrected chi connectivity index (χ3v) is 3.69. The molecule has 0 spiro atoms. The Morgan fingerprint density at radius 3 is 2.68 bits per heavy atom. The summed E-state index contributed by atoms with van der Waals surface area (Å²) < 4.78 is 5.43. The maximum absolute atomic E-state index is 9.19. The van der Waals surface area contributed by atoms with Crippen LogP contribution in [0, 0.1) is 17.2 Å². The van der Waals surface area contributed by atoms with E-state index < -0.39 is 0 Å². The summed E-state index contributed by atoms with van der Waals surface area (Å²) in [6.07, 6.45) is 2.51. The lowest BCUT2D eigenvalue weighted by Crippen LogP contribution is -2.29. The molecule has 2 rings (SSSR count). The highest BCUT2D eigenvalue weighted by atomic mass is 16.5. The smallest absolute Gasteiger partial charge is 0.144 e. The second kappa shape index (κ2) is 7.46. The number of hydrogen-bond acceptors (Lipinski definition) is 4. The van der Waals surface area contributed by atoms with E-state index in [0.29, 0.717) is 17.3 Å². The molecule has 4 nitrogen and oxygen atoms in total. The summed E-state index contributed by atoms with van der Waals surface area (Å²) in [6, 6.07) is 13.9. The Morgan fingerprint density at radius 2 is 2.00 bits per heavy atom. The molecule has 1 heterocycles. The van der Waals surface area contributed by atoms with Gasteiger partial charge in [0.1, 0.15) is 17.6 Å². The van der Waals surface area contributed by atoms with Crippen molar-refractivity contribution in [2.24, 2.45) is 5.92 Å². The van der Waals surface area contributed by atoms with Crippen LogP contribution in [0.1, 0.15) is 25.0 Å². The first-order valence-corrected chi connectivity index (χ1v) is 7.39. The van der Waals surface area contributed by atoms with Crippen LogP contribution in [-0.4, -0.2) is 18.1 Å². The van der Waals surface area contributed by atoms with Gasteiger partial charge in [0.05, 0.1) is 12.7 Å². The maximum Gasteiger partial charge on any atom is 0.144 e. The second-order valence-corrected chi connectivity index (χ2v) is 5.52. The zero-order valence-electron chi connectivity index (χ0n) is 13.2. The molecule has 0 saturated heterocycles. The van der Waals surface area contributed by atoms with E-state index >= 15 is 0 Å². The first-order chi connectivity index (χ1) is 10.7. The van der Waals surface area contributed by atoms with Crippen molar-refractivity contribution in [2.75, 3.05) is 12.4 Å². The third-order valence-electron chi connectivity index (χ3n) is 3.69. The van der Waals surface area contributed by atoms with Crippen molar-refractivity contribution in [3.8, 4) is 11.8 Å². The molecule has 1 N–H and O–H groups in total. The van der Waals surface area contributed by atoms with E-state index in [2.05, 4.69) is 36.3 Å². The van der Waals surface area contributed by atoms with Crippen molar-refractivity contribution in [1.29, 1.82) is 5.26 Å². The van der Waals surface area contributed by atoms with Crippen LogP contribution < -0.4 is 10.1 Å². The van der Waals surface area contributed by atoms with Crippen LogP contribution in [0.3, 0.4) is 0 Å². The summed E-state index contributed by atoms with van der Waals surface area (Å²) in [4.78, 5) is 4.29. The average molecular weight is 295 g/mol. The van der Waals surface area contributed by atoms with Gasteiger partial charge in [-0.15, -0.1) is 0 Å². The number of methoxy groups -OCH3 is 1. The number of pyridine rings is 1. The van der Waals surface area contributed by atoms with Crippen LogP contribution in [0.4, 0.5) is 5.82 Å². The Morgan fingerprint density at radius 1 is 1.23 bits per heavy atom. The van der Waals surface area contributed by atoms with Gasteiger partial charge in [0, 0.05) is 12.2 Å². The van der Waals surface area contributed by atoms with Crippen molar-refractivity contribution in [2.45, 2.75) is 26.3 Å². The lowest BCUT2D eigenvalue weighted by atomic mass is 9.95. The normalized spacial score (nSPS) is 11.8. The number of hydrogen-bond donors (Lipinski definition) is 1. The quantitative estimate of drug-likeness (QED) is 0.884. The number of rotatable bonds is 6. The van der Waals surface area contributed by atoms with Gasteiger partial charge >= 0.3 is 0 Å². The lowest BCUT2D eigenvalue weighted by Gasteiger charge is -2.24. The summed E-state index contributed by atoms with van der Waals surface area (Å²) >= 11 is 0. The Hall–Kier alpha value is -2.54. The van der Waals surface area contributed by atoms with Crippen molar-refractivity contribution in [3.63, 3.8) is 0 Å². The van der Waals surface area contributed by atoms with E-state index in [-0.39, 0.29) is 6.04 Å². The van der Waals surface area contributed by atoms with Crippen LogP contribution >= 0.6 is 0 Å². The van der Waals surface area contributed by atoms with Gasteiger partial charge in [-0.05, 0) is 36.1 Å². The number of nitrogens with one attached hydrogen (secondary N) is 1. The highest BCUT2D eigenvalue weighted by Gasteiger charge is 2.18. The predicted molar refractivity (Wildman–Crippen MR) is 87.9 cm³/mol. The fourth-order valence-corrected chi connectivity index (χ4v) is 2.35. The predicted octanol–water partition coefficient (Wildman–Crippen LogP) is 3.64. The van der Waals surface area contributed by atoms with Crippen molar-refractivity contribution in [1.82, 2.24) is 4.98 Å². The molecule has 0 saturated carbocycles. The van der Waals surface area contributed by atoms with Crippen LogP contribution in [0.5, 0.6) is 5.75 Å². The summed E-state index contributed by atoms with van der Waals surface area (Å²) in [5.74, 6) is 1.91. The van der Waals surface area contributed by atoms with Gasteiger partial charge in [0.15, 0.2) is 0 Å². The Kier molecular flexibility index (Phi) is 5.37. The molecule has 0 aliphatic carbocycles. The molecule has 2 aromatic rings. The van der Waals surface area contributed by atoms with E-state index in [1.807, 2.05) is 18.2 Å². The Bertz CT molecular complexity index is 661. The number of ether oxygens (including phenoxy) is 1. The van der Waals surface area contributed by atoms with E-state index in [4.69, 9.17) is 4.74 Å². The number of nitriles is 1. The van der Waals surface area contributed by atoms with Gasteiger partial charge in [-0.2, -0.15) is 5.26 Å². The highest BCUT2D eigenvalue weighted by Crippen LogP contribution is 2.23. The van der Waals surface area contributed by atoms with Crippen LogP contribution in [0.2, 0.25) is 0 Å². The van der Waals surface area contributed by atoms with E-state index in [9.17, 15) is 5.26 Å². The van der Waals surface area contributed by atoms with Crippen LogP contribution in [0.15, 0.2) is 42.6 Å². The zero-order valence-corrected chi connectivity index (χ0v) is 13.2. The van der Waals surface area contributed by atoms with Crippen molar-refractivity contribution >= 4 is 5.82 Å². The molecule has 22 heavy (non-hydrogen) atoms. The minimum atomic E-state index is 0.165. The fourth-order valence-electron chi connectivity index (χ4n) is 2.35. The van der Waals surface area contributed by atoms with Crippen molar-refractivity contribution < 1.29 is 4.74 Å². The summed E-state index contributed by atoms with van der Waals surface area (Å²) in [5.41, 5.74) is 1.71. The number of anilines is 1. The maximum atomic E-state index is 9.19. The van der Waals surface area contributed by atoms with Gasteiger partial charge in [-0.3, -0.25) is 0 Å². The molecule has 0 radical (unpaired) electrons. The molecular weight excluding hydrogens is 274 g/mol. The van der Waals surface area contributed by atoms with Gasteiger partial charge in [-0.25, -0.2) is 4.98 Å². The van der Waals surface area contributed by atoms with Gasteiger partial charge in [0.25, 0.3) is 0 Å². The topological polar surface area (TPSA) is 57.9 Å². The summed E-state index contributed by atoms with van der Waals surface area (Å²) in [6.45, 7) is 4.31. The molecule has 1 aromatic carbocycles. The molecular formula is C18H21N3O. The molecule has 0 amide bonds. The minimum absolute atomic E-state index is 0.165. The number of benzene rings is 1. The molecule has 1 unspecified atom stereocenters. The van der Waals surface area contributed by atoms with Gasteiger partial charge in [-0.1, -0.05) is 32.0 Å². The number of aromatic nitrogens is 1. The third kappa shape index (κ3) is 3.76. The van der Waals surface area contributed by atoms with Crippen molar-refractivity contribution in [3.05, 3.63) is 53.7 Å². The van der Waals surface area contributed by atoms with E-state index in [1.165, 1.54) is 0 Å². The van der Waals surface area contributed by atoms with Crippen LogP contribution in [0.25, 0.3) is 0 Å². The molecule has 0 aliphatic rings. The monoisotopic (exact) mass is 295 g/mol.